The maximum Gasteiger partial charge on any atom is 0.349 e. The van der Waals surface area contributed by atoms with Gasteiger partial charge >= 0.3 is 5.97 Å². The third-order valence-electron chi connectivity index (χ3n) is 6.89. The van der Waals surface area contributed by atoms with Crippen molar-refractivity contribution in [1.82, 2.24) is 15.1 Å². The van der Waals surface area contributed by atoms with E-state index in [0.717, 1.165) is 22.4 Å². The van der Waals surface area contributed by atoms with Gasteiger partial charge in [0.2, 0.25) is 0 Å². The smallest absolute Gasteiger partial charge is 0.349 e. The van der Waals surface area contributed by atoms with Crippen molar-refractivity contribution in [3.05, 3.63) is 95.2 Å². The molecule has 44 heavy (non-hydrogen) atoms. The van der Waals surface area contributed by atoms with Crippen LogP contribution >= 0.6 is 0 Å². The van der Waals surface area contributed by atoms with Crippen LogP contribution in [0.5, 0.6) is 5.75 Å². The van der Waals surface area contributed by atoms with Gasteiger partial charge in [-0.05, 0) is 75.3 Å². The van der Waals surface area contributed by atoms with Crippen molar-refractivity contribution in [1.29, 1.82) is 0 Å². The molecule has 0 bridgehead atoms. The van der Waals surface area contributed by atoms with Gasteiger partial charge in [0.25, 0.3) is 5.91 Å². The number of ether oxygens (including phenoxy) is 2. The molecule has 0 radical (unpaired) electrons. The highest BCUT2D eigenvalue weighted by Crippen LogP contribution is 2.27. The first-order valence-electron chi connectivity index (χ1n) is 15.4. The van der Waals surface area contributed by atoms with E-state index in [9.17, 15) is 9.59 Å². The van der Waals surface area contributed by atoms with E-state index in [1.807, 2.05) is 50.3 Å². The molecule has 3 rings (SSSR count). The molecule has 2 aromatic carbocycles. The second-order valence-corrected chi connectivity index (χ2v) is 12.2. The second kappa shape index (κ2) is 16.6. The van der Waals surface area contributed by atoms with Crippen LogP contribution in [-0.4, -0.2) is 33.9 Å². The molecule has 0 spiro atoms. The number of rotatable bonds is 11. The Labute approximate surface area is 264 Å². The number of unbranched alkanes of at least 4 members (excludes halogenated alkanes) is 1. The number of aromatic nitrogens is 2. The van der Waals surface area contributed by atoms with Crippen LogP contribution in [0.4, 0.5) is 0 Å². The molecule has 1 amide bonds. The molecule has 0 saturated heterocycles. The average Bonchev–Trinajstić information content (AvgIpc) is 3.37. The highest BCUT2D eigenvalue weighted by atomic mass is 16.6. The van der Waals surface area contributed by atoms with Gasteiger partial charge in [0.15, 0.2) is 5.60 Å². The van der Waals surface area contributed by atoms with Crippen molar-refractivity contribution in [2.45, 2.75) is 92.7 Å². The molecule has 1 heterocycles. The van der Waals surface area contributed by atoms with Crippen LogP contribution in [0.15, 0.2) is 72.8 Å². The Morgan fingerprint density at radius 2 is 1.66 bits per heavy atom. The van der Waals surface area contributed by atoms with Gasteiger partial charge in [-0.2, -0.15) is 5.10 Å². The molecule has 0 aliphatic heterocycles. The van der Waals surface area contributed by atoms with Gasteiger partial charge in [-0.1, -0.05) is 94.8 Å². The Hall–Kier alpha value is -4.13. The summed E-state index contributed by atoms with van der Waals surface area (Å²) >= 11 is 0. The average molecular weight is 602 g/mol. The zero-order valence-corrected chi connectivity index (χ0v) is 28.3. The summed E-state index contributed by atoms with van der Waals surface area (Å²) in [7, 11) is 1.76. The van der Waals surface area contributed by atoms with Gasteiger partial charge in [0, 0.05) is 19.2 Å². The van der Waals surface area contributed by atoms with Crippen LogP contribution in [-0.2, 0) is 28.5 Å². The molecule has 238 valence electrons. The fourth-order valence-corrected chi connectivity index (χ4v) is 4.17. The predicted octanol–water partition coefficient (Wildman–Crippen LogP) is 8.26. The maximum atomic E-state index is 12.9. The number of allylic oxidation sites excluding steroid dienone is 4. The topological polar surface area (TPSA) is 82.4 Å². The predicted molar refractivity (Wildman–Crippen MR) is 180 cm³/mol. The number of amides is 1. The molecule has 0 aliphatic carbocycles. The normalized spacial score (nSPS) is 11.8. The summed E-state index contributed by atoms with van der Waals surface area (Å²) in [6.07, 6.45) is 10.8. The van der Waals surface area contributed by atoms with Gasteiger partial charge in [-0.25, -0.2) is 4.79 Å². The quantitative estimate of drug-likeness (QED) is 0.177. The van der Waals surface area contributed by atoms with Crippen LogP contribution in [0.1, 0.15) is 95.4 Å². The first-order valence-corrected chi connectivity index (χ1v) is 15.4. The summed E-state index contributed by atoms with van der Waals surface area (Å²) in [5.74, 6) is -0.0815. The number of hydrogen-bond donors (Lipinski definition) is 1. The van der Waals surface area contributed by atoms with Crippen LogP contribution in [0.25, 0.3) is 11.3 Å². The van der Waals surface area contributed by atoms with Gasteiger partial charge in [0.1, 0.15) is 11.4 Å². The number of carbonyl (C=O) groups excluding carboxylic acids is 2. The lowest BCUT2D eigenvalue weighted by molar-refractivity contribution is -0.158. The highest BCUT2D eigenvalue weighted by Gasteiger charge is 2.32. The number of benzene rings is 2. The summed E-state index contributed by atoms with van der Waals surface area (Å²) in [5, 5.41) is 7.49. The summed E-state index contributed by atoms with van der Waals surface area (Å²) in [6, 6.07) is 15.7. The zero-order chi connectivity index (χ0) is 32.9. The lowest BCUT2D eigenvalue weighted by Crippen LogP contribution is -2.40. The van der Waals surface area contributed by atoms with Crippen molar-refractivity contribution >= 4 is 11.9 Å². The zero-order valence-electron chi connectivity index (χ0n) is 28.3. The maximum absolute atomic E-state index is 12.9. The van der Waals surface area contributed by atoms with Crippen LogP contribution in [0.3, 0.4) is 0 Å². The van der Waals surface area contributed by atoms with E-state index in [1.165, 1.54) is 18.4 Å². The Kier molecular flexibility index (Phi) is 13.6. The summed E-state index contributed by atoms with van der Waals surface area (Å²) in [4.78, 5) is 25.2. The molecule has 7 heteroatoms. The summed E-state index contributed by atoms with van der Waals surface area (Å²) in [6.45, 7) is 18.3. The molecular formula is C37H51N3O4. The lowest BCUT2D eigenvalue weighted by Gasteiger charge is -2.25. The van der Waals surface area contributed by atoms with E-state index < -0.39 is 11.6 Å². The number of carbonyl (C=O) groups is 2. The van der Waals surface area contributed by atoms with Crippen molar-refractivity contribution in [3.63, 3.8) is 0 Å². The summed E-state index contributed by atoms with van der Waals surface area (Å²) in [5.41, 5.74) is 4.10. The second-order valence-electron chi connectivity index (χ2n) is 12.2. The minimum absolute atomic E-state index is 0.0726. The molecule has 0 atom stereocenters. The Balaban J connectivity index is 0.000000742. The van der Waals surface area contributed by atoms with E-state index in [1.54, 1.807) is 38.6 Å². The molecule has 1 aromatic heterocycles. The molecule has 3 aromatic rings. The molecule has 1 N–H and O–H groups in total. The lowest BCUT2D eigenvalue weighted by atomic mass is 9.86. The van der Waals surface area contributed by atoms with Crippen LogP contribution in [0, 0.1) is 6.92 Å². The molecule has 0 aliphatic rings. The first-order chi connectivity index (χ1) is 20.7. The van der Waals surface area contributed by atoms with E-state index in [0.29, 0.717) is 18.0 Å². The molecular weight excluding hydrogens is 550 g/mol. The molecule has 0 unspecified atom stereocenters. The Morgan fingerprint density at radius 1 is 0.977 bits per heavy atom. The van der Waals surface area contributed by atoms with E-state index in [4.69, 9.17) is 9.47 Å². The molecule has 0 saturated carbocycles. The Bertz CT molecular complexity index is 1420. The van der Waals surface area contributed by atoms with Gasteiger partial charge in [-0.3, -0.25) is 9.48 Å². The number of hydrogen-bond acceptors (Lipinski definition) is 5. The van der Waals surface area contributed by atoms with Crippen LogP contribution < -0.4 is 10.1 Å². The number of nitrogens with one attached hydrogen (secondary N) is 1. The number of aryl methyl sites for hydroxylation is 2. The van der Waals surface area contributed by atoms with E-state index in [2.05, 4.69) is 68.5 Å². The minimum atomic E-state index is -1.13. The molecule has 0 fully saturated rings. The standard InChI is InChI=1S/C29H37N3O4.C8H14/c1-9-35-27(34)29(6,7)36-25-16-20(11-10-19(25)2)18-30-26(33)24-17-23(31-32(24)8)21-12-14-22(15-13-21)28(3,4)5;1-3-5-7-8-6-4-2/h10-17H,9,18H2,1-8H3,(H,30,33);3,5,7-8H,4,6H2,1-2H3/b;5-3-,8-7-. The van der Waals surface area contributed by atoms with Gasteiger partial charge in [0.05, 0.1) is 12.3 Å². The first kappa shape index (κ1) is 36.1. The van der Waals surface area contributed by atoms with Crippen molar-refractivity contribution < 1.29 is 19.1 Å². The van der Waals surface area contributed by atoms with E-state index >= 15 is 0 Å². The third kappa shape index (κ3) is 10.9. The van der Waals surface area contributed by atoms with Crippen molar-refractivity contribution in [2.24, 2.45) is 7.05 Å². The van der Waals surface area contributed by atoms with Crippen molar-refractivity contribution in [3.8, 4) is 17.0 Å². The highest BCUT2D eigenvalue weighted by molar-refractivity contribution is 5.93. The monoisotopic (exact) mass is 601 g/mol. The van der Waals surface area contributed by atoms with Gasteiger partial charge < -0.3 is 14.8 Å². The molecule has 7 nitrogen and oxygen atoms in total. The fraction of sp³-hybridized carbons (Fsp3) is 0.432. The fourth-order valence-electron chi connectivity index (χ4n) is 4.17. The largest absolute Gasteiger partial charge is 0.476 e. The van der Waals surface area contributed by atoms with E-state index in [-0.39, 0.29) is 17.9 Å². The minimum Gasteiger partial charge on any atom is -0.476 e. The third-order valence-corrected chi connectivity index (χ3v) is 6.89. The SMILES string of the molecule is C/C=C\C=C/CCC.CCOC(=O)C(C)(C)Oc1cc(CNC(=O)c2cc(-c3ccc(C(C)(C)C)cc3)nn2C)ccc1C. The van der Waals surface area contributed by atoms with Gasteiger partial charge in [-0.15, -0.1) is 0 Å². The number of nitrogens with zero attached hydrogens (tertiary/aromatic N) is 2. The summed E-state index contributed by atoms with van der Waals surface area (Å²) < 4.78 is 12.7. The van der Waals surface area contributed by atoms with Crippen LogP contribution in [0.2, 0.25) is 0 Å². The van der Waals surface area contributed by atoms with Crippen molar-refractivity contribution in [2.75, 3.05) is 6.61 Å². The Morgan fingerprint density at radius 3 is 2.25 bits per heavy atom. The number of esters is 1.